The van der Waals surface area contributed by atoms with Gasteiger partial charge in [-0.3, -0.25) is 0 Å². The molecule has 0 saturated carbocycles. The lowest BCUT2D eigenvalue weighted by molar-refractivity contribution is 0.0533. The number of nitrogen functional groups attached to an aromatic ring is 1. The molecule has 2 heterocycles. The number of thiazole rings is 1. The lowest BCUT2D eigenvalue weighted by atomic mass is 10.4. The lowest BCUT2D eigenvalue weighted by Crippen LogP contribution is -2.05. The molecule has 0 aliphatic rings. The molecule has 17 heavy (non-hydrogen) atoms. The molecule has 0 unspecified atom stereocenters. The van der Waals surface area contributed by atoms with E-state index in [2.05, 4.69) is 15.0 Å². The second-order valence-corrected chi connectivity index (χ2v) is 4.08. The van der Waals surface area contributed by atoms with Crippen LogP contribution in [0.3, 0.4) is 0 Å². The minimum Gasteiger partial charge on any atom is -0.462 e. The Morgan fingerprint density at radius 1 is 1.47 bits per heavy atom. The third-order valence-electron chi connectivity index (χ3n) is 1.92. The molecule has 2 aromatic rings. The van der Waals surface area contributed by atoms with E-state index in [1.165, 1.54) is 17.7 Å². The average molecular weight is 250 g/mol. The van der Waals surface area contributed by atoms with Crippen LogP contribution in [0.4, 0.5) is 5.82 Å². The summed E-state index contributed by atoms with van der Waals surface area (Å²) >= 11 is 1.17. The van der Waals surface area contributed by atoms with E-state index in [-0.39, 0.29) is 5.82 Å². The number of nitrogens with two attached hydrogens (primary N) is 1. The van der Waals surface area contributed by atoms with Crippen molar-refractivity contribution >= 4 is 23.1 Å². The average Bonchev–Trinajstić information content (AvgIpc) is 2.73. The zero-order valence-electron chi connectivity index (χ0n) is 9.08. The van der Waals surface area contributed by atoms with Crippen LogP contribution < -0.4 is 5.73 Å². The summed E-state index contributed by atoms with van der Waals surface area (Å²) in [5, 5.41) is 0.603. The van der Waals surface area contributed by atoms with Crippen LogP contribution in [0.5, 0.6) is 0 Å². The fraction of sp³-hybridized carbons (Fsp3) is 0.200. The van der Waals surface area contributed by atoms with E-state index in [0.717, 1.165) is 5.56 Å². The molecule has 0 fully saturated rings. The lowest BCUT2D eigenvalue weighted by Gasteiger charge is -1.97. The summed E-state index contributed by atoms with van der Waals surface area (Å²) in [5.74, 6) is -0.280. The zero-order valence-corrected chi connectivity index (χ0v) is 9.90. The molecule has 0 aromatic carbocycles. The Balaban J connectivity index is 2.34. The molecule has 6 nitrogen and oxygen atoms in total. The molecule has 88 valence electrons. The number of hydrogen-bond donors (Lipinski definition) is 1. The molecule has 0 aliphatic carbocycles. The van der Waals surface area contributed by atoms with Gasteiger partial charge in [0, 0.05) is 18.0 Å². The van der Waals surface area contributed by atoms with Crippen LogP contribution in [-0.4, -0.2) is 27.5 Å². The molecule has 0 spiro atoms. The van der Waals surface area contributed by atoms with Crippen molar-refractivity contribution in [2.24, 2.45) is 0 Å². The van der Waals surface area contributed by atoms with E-state index in [1.807, 2.05) is 0 Å². The summed E-state index contributed by atoms with van der Waals surface area (Å²) in [6.45, 7) is 2.04. The van der Waals surface area contributed by atoms with Crippen molar-refractivity contribution in [2.75, 3.05) is 12.3 Å². The number of carbonyl (C=O) groups is 1. The maximum atomic E-state index is 11.5. The maximum Gasteiger partial charge on any atom is 0.352 e. The Morgan fingerprint density at radius 3 is 2.82 bits per heavy atom. The fourth-order valence-corrected chi connectivity index (χ4v) is 2.06. The third-order valence-corrected chi connectivity index (χ3v) is 3.02. The first-order valence-corrected chi connectivity index (χ1v) is 5.72. The Bertz CT molecular complexity index is 526. The van der Waals surface area contributed by atoms with Gasteiger partial charge >= 0.3 is 5.97 Å². The Labute approximate surface area is 101 Å². The van der Waals surface area contributed by atoms with Crippen LogP contribution in [-0.2, 0) is 4.74 Å². The van der Waals surface area contributed by atoms with Crippen molar-refractivity contribution in [3.05, 3.63) is 23.6 Å². The largest absolute Gasteiger partial charge is 0.462 e. The van der Waals surface area contributed by atoms with Gasteiger partial charge in [0.15, 0.2) is 4.88 Å². The first kappa shape index (κ1) is 11.5. The van der Waals surface area contributed by atoms with Gasteiger partial charge < -0.3 is 10.5 Å². The maximum absolute atomic E-state index is 11.5. The number of aromatic nitrogens is 3. The SMILES string of the molecule is CCOC(=O)c1sc(-c2cncnc2)nc1N. The molecule has 0 radical (unpaired) electrons. The van der Waals surface area contributed by atoms with Gasteiger partial charge in [-0.15, -0.1) is 11.3 Å². The van der Waals surface area contributed by atoms with Crippen LogP contribution >= 0.6 is 11.3 Å². The van der Waals surface area contributed by atoms with E-state index in [9.17, 15) is 4.79 Å². The standard InChI is InChI=1S/C10H10N4O2S/c1-2-16-10(15)7-8(11)14-9(17-7)6-3-12-5-13-4-6/h3-5H,2,11H2,1H3. The van der Waals surface area contributed by atoms with Crippen LogP contribution in [0, 0.1) is 0 Å². The minimum absolute atomic E-state index is 0.173. The van der Waals surface area contributed by atoms with Gasteiger partial charge in [-0.25, -0.2) is 19.7 Å². The predicted octanol–water partition coefficient (Wildman–Crippen LogP) is 1.36. The third kappa shape index (κ3) is 2.39. The summed E-state index contributed by atoms with van der Waals surface area (Å²) in [5.41, 5.74) is 6.39. The fourth-order valence-electron chi connectivity index (χ4n) is 1.21. The summed E-state index contributed by atoms with van der Waals surface area (Å²) < 4.78 is 4.88. The van der Waals surface area contributed by atoms with Crippen molar-refractivity contribution in [2.45, 2.75) is 6.92 Å². The van der Waals surface area contributed by atoms with Crippen LogP contribution in [0.2, 0.25) is 0 Å². The van der Waals surface area contributed by atoms with Crippen LogP contribution in [0.25, 0.3) is 10.6 Å². The van der Waals surface area contributed by atoms with Gasteiger partial charge in [0.05, 0.1) is 6.61 Å². The van der Waals surface area contributed by atoms with E-state index in [1.54, 1.807) is 19.3 Å². The molecule has 2 rings (SSSR count). The number of hydrogen-bond acceptors (Lipinski definition) is 7. The van der Waals surface area contributed by atoms with Crippen molar-refractivity contribution in [3.8, 4) is 10.6 Å². The van der Waals surface area contributed by atoms with Gasteiger partial charge in [0.2, 0.25) is 0 Å². The van der Waals surface area contributed by atoms with Crippen molar-refractivity contribution in [1.29, 1.82) is 0 Å². The van der Waals surface area contributed by atoms with Gasteiger partial charge in [0.25, 0.3) is 0 Å². The second-order valence-electron chi connectivity index (χ2n) is 3.08. The molecule has 2 N–H and O–H groups in total. The zero-order chi connectivity index (χ0) is 12.3. The number of rotatable bonds is 3. The van der Waals surface area contributed by atoms with Crippen molar-refractivity contribution < 1.29 is 9.53 Å². The molecule has 0 saturated heterocycles. The quantitative estimate of drug-likeness (QED) is 0.827. The van der Waals surface area contributed by atoms with Crippen molar-refractivity contribution in [1.82, 2.24) is 15.0 Å². The van der Waals surface area contributed by atoms with Crippen LogP contribution in [0.15, 0.2) is 18.7 Å². The van der Waals surface area contributed by atoms with E-state index in [4.69, 9.17) is 10.5 Å². The Hall–Kier alpha value is -2.02. The highest BCUT2D eigenvalue weighted by molar-refractivity contribution is 7.17. The normalized spacial score (nSPS) is 10.2. The van der Waals surface area contributed by atoms with E-state index >= 15 is 0 Å². The Kier molecular flexibility index (Phi) is 3.29. The number of nitrogens with zero attached hydrogens (tertiary/aromatic N) is 3. The van der Waals surface area contributed by atoms with Gasteiger partial charge in [-0.1, -0.05) is 0 Å². The van der Waals surface area contributed by atoms with Gasteiger partial charge in [-0.05, 0) is 6.92 Å². The highest BCUT2D eigenvalue weighted by atomic mass is 32.1. The minimum atomic E-state index is -0.453. The van der Waals surface area contributed by atoms with E-state index in [0.29, 0.717) is 16.5 Å². The monoisotopic (exact) mass is 250 g/mol. The first-order chi connectivity index (χ1) is 8.22. The van der Waals surface area contributed by atoms with Crippen LogP contribution in [0.1, 0.15) is 16.6 Å². The van der Waals surface area contributed by atoms with Gasteiger partial charge in [0.1, 0.15) is 17.2 Å². The molecule has 2 aromatic heterocycles. The molecule has 0 aliphatic heterocycles. The second kappa shape index (κ2) is 4.88. The van der Waals surface area contributed by atoms with Gasteiger partial charge in [-0.2, -0.15) is 0 Å². The predicted molar refractivity (Wildman–Crippen MR) is 63.5 cm³/mol. The molecule has 0 atom stereocenters. The van der Waals surface area contributed by atoms with Crippen molar-refractivity contribution in [3.63, 3.8) is 0 Å². The molecule has 0 bridgehead atoms. The van der Waals surface area contributed by atoms with E-state index < -0.39 is 5.97 Å². The summed E-state index contributed by atoms with van der Waals surface area (Å²) in [7, 11) is 0. The molecule has 0 amide bonds. The molecule has 7 heteroatoms. The number of anilines is 1. The smallest absolute Gasteiger partial charge is 0.352 e. The highest BCUT2D eigenvalue weighted by Gasteiger charge is 2.18. The number of carbonyl (C=O) groups excluding carboxylic acids is 1. The summed E-state index contributed by atoms with van der Waals surface area (Å²) in [6, 6.07) is 0. The number of ether oxygens (including phenoxy) is 1. The molecular weight excluding hydrogens is 240 g/mol. The highest BCUT2D eigenvalue weighted by Crippen LogP contribution is 2.29. The molecular formula is C10H10N4O2S. The summed E-state index contributed by atoms with van der Waals surface area (Å²) in [4.78, 5) is 23.7. The Morgan fingerprint density at radius 2 is 2.18 bits per heavy atom. The summed E-state index contributed by atoms with van der Waals surface area (Å²) in [6.07, 6.45) is 4.65. The first-order valence-electron chi connectivity index (χ1n) is 4.91. The number of esters is 1. The topological polar surface area (TPSA) is 91.0 Å².